The highest BCUT2D eigenvalue weighted by molar-refractivity contribution is 7.09. The normalized spacial score (nSPS) is 14.9. The minimum absolute atomic E-state index is 0.210. The van der Waals surface area contributed by atoms with Crippen LogP contribution >= 0.6 is 11.3 Å². The number of amides is 1. The number of carbonyl (C=O) groups is 1. The Morgan fingerprint density at radius 1 is 1.65 bits per heavy atom. The topological polar surface area (TPSA) is 45.2 Å². The molecule has 17 heavy (non-hydrogen) atoms. The number of nitrogens with zero attached hydrogens (tertiary/aromatic N) is 2. The van der Waals surface area contributed by atoms with Gasteiger partial charge in [0.05, 0.1) is 17.2 Å². The Bertz CT molecular complexity index is 387. The molecule has 1 amide bonds. The molecule has 0 bridgehead atoms. The first-order chi connectivity index (χ1) is 8.20. The predicted molar refractivity (Wildman–Crippen MR) is 69.0 cm³/mol. The molecule has 0 saturated heterocycles. The van der Waals surface area contributed by atoms with E-state index in [-0.39, 0.29) is 5.91 Å². The van der Waals surface area contributed by atoms with Crippen molar-refractivity contribution in [1.29, 1.82) is 0 Å². The van der Waals surface area contributed by atoms with E-state index in [1.54, 1.807) is 11.3 Å². The van der Waals surface area contributed by atoms with Crippen LogP contribution in [0.15, 0.2) is 5.38 Å². The van der Waals surface area contributed by atoms with Crippen LogP contribution in [0, 0.1) is 6.92 Å². The molecule has 0 aliphatic heterocycles. The molecule has 0 radical (unpaired) electrons. The van der Waals surface area contributed by atoms with Gasteiger partial charge in [0.2, 0.25) is 5.91 Å². The smallest absolute Gasteiger partial charge is 0.236 e. The Kier molecular flexibility index (Phi) is 4.12. The second-order valence-corrected chi connectivity index (χ2v) is 5.43. The third kappa shape index (κ3) is 3.51. The fourth-order valence-electron chi connectivity index (χ4n) is 1.91. The maximum atomic E-state index is 11.9. The zero-order chi connectivity index (χ0) is 12.3. The van der Waals surface area contributed by atoms with Crippen LogP contribution in [0.4, 0.5) is 0 Å². The Morgan fingerprint density at radius 3 is 2.94 bits per heavy atom. The summed E-state index contributed by atoms with van der Waals surface area (Å²) in [4.78, 5) is 18.2. The molecule has 1 aromatic heterocycles. The molecule has 1 aliphatic rings. The summed E-state index contributed by atoms with van der Waals surface area (Å²) >= 11 is 1.64. The van der Waals surface area contributed by atoms with Gasteiger partial charge < -0.3 is 10.2 Å². The molecule has 94 valence electrons. The fourth-order valence-corrected chi connectivity index (χ4v) is 2.53. The molecule has 4 nitrogen and oxygen atoms in total. The summed E-state index contributed by atoms with van der Waals surface area (Å²) in [6.45, 7) is 5.95. The average Bonchev–Trinajstić information content (AvgIpc) is 3.04. The highest BCUT2D eigenvalue weighted by Crippen LogP contribution is 2.26. The minimum atomic E-state index is 0.210. The van der Waals surface area contributed by atoms with E-state index in [9.17, 15) is 4.79 Å². The maximum Gasteiger partial charge on any atom is 0.236 e. The van der Waals surface area contributed by atoms with E-state index in [1.165, 1.54) is 12.8 Å². The third-order valence-corrected chi connectivity index (χ3v) is 3.72. The Hall–Kier alpha value is -0.940. The Labute approximate surface area is 106 Å². The number of hydrogen-bond donors (Lipinski definition) is 1. The quantitative estimate of drug-likeness (QED) is 0.836. The number of rotatable bonds is 6. The summed E-state index contributed by atoms with van der Waals surface area (Å²) in [5.41, 5.74) is 1.02. The minimum Gasteiger partial charge on any atom is -0.339 e. The van der Waals surface area contributed by atoms with Crippen molar-refractivity contribution in [3.05, 3.63) is 16.1 Å². The van der Waals surface area contributed by atoms with Crippen molar-refractivity contribution in [3.63, 3.8) is 0 Å². The zero-order valence-electron chi connectivity index (χ0n) is 10.4. The molecular weight excluding hydrogens is 234 g/mol. The van der Waals surface area contributed by atoms with E-state index in [0.29, 0.717) is 19.1 Å². The van der Waals surface area contributed by atoms with Gasteiger partial charge in [-0.25, -0.2) is 4.98 Å². The fraction of sp³-hybridized carbons (Fsp3) is 0.667. The SMILES string of the molecule is CCN(C(=O)CNCc1csc(C)n1)C1CC1. The van der Waals surface area contributed by atoms with Crippen molar-refractivity contribution in [1.82, 2.24) is 15.2 Å². The lowest BCUT2D eigenvalue weighted by Crippen LogP contribution is -2.39. The summed E-state index contributed by atoms with van der Waals surface area (Å²) in [7, 11) is 0. The molecule has 1 aliphatic carbocycles. The Morgan fingerprint density at radius 2 is 2.41 bits per heavy atom. The lowest BCUT2D eigenvalue weighted by molar-refractivity contribution is -0.130. The largest absolute Gasteiger partial charge is 0.339 e. The monoisotopic (exact) mass is 253 g/mol. The molecule has 1 aromatic rings. The molecule has 1 fully saturated rings. The number of aryl methyl sites for hydroxylation is 1. The van der Waals surface area contributed by atoms with Crippen LogP contribution in [0.1, 0.15) is 30.5 Å². The van der Waals surface area contributed by atoms with Gasteiger partial charge in [-0.15, -0.1) is 11.3 Å². The second kappa shape index (κ2) is 5.60. The van der Waals surface area contributed by atoms with Gasteiger partial charge in [0, 0.05) is 24.5 Å². The van der Waals surface area contributed by atoms with E-state index in [0.717, 1.165) is 17.2 Å². The number of nitrogens with one attached hydrogen (secondary N) is 1. The number of hydrogen-bond acceptors (Lipinski definition) is 4. The van der Waals surface area contributed by atoms with Crippen molar-refractivity contribution in [3.8, 4) is 0 Å². The van der Waals surface area contributed by atoms with Gasteiger partial charge in [-0.2, -0.15) is 0 Å². The lowest BCUT2D eigenvalue weighted by atomic mass is 10.4. The van der Waals surface area contributed by atoms with Crippen molar-refractivity contribution < 1.29 is 4.79 Å². The Balaban J connectivity index is 1.72. The average molecular weight is 253 g/mol. The molecule has 1 saturated carbocycles. The van der Waals surface area contributed by atoms with Gasteiger partial charge in [0.1, 0.15) is 0 Å². The molecule has 2 rings (SSSR count). The summed E-state index contributed by atoms with van der Waals surface area (Å²) in [6, 6.07) is 0.510. The predicted octanol–water partition coefficient (Wildman–Crippen LogP) is 1.55. The van der Waals surface area contributed by atoms with Crippen molar-refractivity contribution in [2.45, 2.75) is 39.3 Å². The molecule has 0 atom stereocenters. The number of carbonyl (C=O) groups excluding carboxylic acids is 1. The first kappa shape index (κ1) is 12.5. The molecule has 5 heteroatoms. The van der Waals surface area contributed by atoms with Gasteiger partial charge in [-0.3, -0.25) is 4.79 Å². The first-order valence-electron chi connectivity index (χ1n) is 6.12. The van der Waals surface area contributed by atoms with Crippen LogP contribution in [0.2, 0.25) is 0 Å². The van der Waals surface area contributed by atoms with Crippen LogP contribution in [0.5, 0.6) is 0 Å². The second-order valence-electron chi connectivity index (χ2n) is 4.37. The van der Waals surface area contributed by atoms with Crippen LogP contribution in [0.25, 0.3) is 0 Å². The number of aromatic nitrogens is 1. The molecule has 0 aromatic carbocycles. The summed E-state index contributed by atoms with van der Waals surface area (Å²) in [5, 5.41) is 6.27. The van der Waals surface area contributed by atoms with Crippen LogP contribution in [-0.4, -0.2) is 34.9 Å². The summed E-state index contributed by atoms with van der Waals surface area (Å²) in [5.74, 6) is 0.210. The van der Waals surface area contributed by atoms with E-state index in [4.69, 9.17) is 0 Å². The van der Waals surface area contributed by atoms with E-state index in [1.807, 2.05) is 24.1 Å². The standard InChI is InChI=1S/C12H19N3OS/c1-3-15(11-4-5-11)12(16)7-13-6-10-8-17-9(2)14-10/h8,11,13H,3-7H2,1-2H3. The van der Waals surface area contributed by atoms with E-state index < -0.39 is 0 Å². The van der Waals surface area contributed by atoms with Crippen LogP contribution < -0.4 is 5.32 Å². The summed E-state index contributed by atoms with van der Waals surface area (Å²) in [6.07, 6.45) is 2.34. The molecule has 0 unspecified atom stereocenters. The van der Waals surface area contributed by atoms with Gasteiger partial charge in [0.25, 0.3) is 0 Å². The third-order valence-electron chi connectivity index (χ3n) is 2.90. The molecule has 1 heterocycles. The van der Waals surface area contributed by atoms with Crippen LogP contribution in [0.3, 0.4) is 0 Å². The summed E-state index contributed by atoms with van der Waals surface area (Å²) < 4.78 is 0. The number of likely N-dealkylation sites (N-methyl/N-ethyl adjacent to an activating group) is 1. The van der Waals surface area contributed by atoms with Gasteiger partial charge in [0.15, 0.2) is 0 Å². The first-order valence-corrected chi connectivity index (χ1v) is 7.00. The molecule has 1 N–H and O–H groups in total. The van der Waals surface area contributed by atoms with E-state index in [2.05, 4.69) is 10.3 Å². The molecular formula is C12H19N3OS. The highest BCUT2D eigenvalue weighted by Gasteiger charge is 2.30. The number of thiazole rings is 1. The van der Waals surface area contributed by atoms with E-state index >= 15 is 0 Å². The van der Waals surface area contributed by atoms with Crippen molar-refractivity contribution in [2.75, 3.05) is 13.1 Å². The lowest BCUT2D eigenvalue weighted by Gasteiger charge is -2.20. The van der Waals surface area contributed by atoms with Gasteiger partial charge in [-0.05, 0) is 26.7 Å². The maximum absolute atomic E-state index is 11.9. The van der Waals surface area contributed by atoms with Gasteiger partial charge >= 0.3 is 0 Å². The van der Waals surface area contributed by atoms with Crippen molar-refractivity contribution in [2.24, 2.45) is 0 Å². The molecule has 0 spiro atoms. The van der Waals surface area contributed by atoms with Crippen molar-refractivity contribution >= 4 is 17.2 Å². The highest BCUT2D eigenvalue weighted by atomic mass is 32.1. The zero-order valence-corrected chi connectivity index (χ0v) is 11.2. The van der Waals surface area contributed by atoms with Gasteiger partial charge in [-0.1, -0.05) is 0 Å². The van der Waals surface area contributed by atoms with Crippen LogP contribution in [-0.2, 0) is 11.3 Å².